The van der Waals surface area contributed by atoms with Crippen LogP contribution in [0, 0.1) is 6.92 Å². The van der Waals surface area contributed by atoms with Crippen molar-refractivity contribution in [3.63, 3.8) is 0 Å². The lowest BCUT2D eigenvalue weighted by molar-refractivity contribution is -0.137. The van der Waals surface area contributed by atoms with E-state index in [4.69, 9.17) is 5.11 Å². The third-order valence-corrected chi connectivity index (χ3v) is 3.52. The van der Waals surface area contributed by atoms with Crippen LogP contribution in [0.2, 0.25) is 0 Å². The minimum absolute atomic E-state index is 0.286. The molecule has 1 heterocycles. The standard InChI is InChI=1S/C15H21NO2/c1-12-7-8-14-13(11-12)5-4-10-16(14)9-3-2-6-15(17)18/h7-8,11H,2-6,9-10H2,1H3,(H,17,18). The van der Waals surface area contributed by atoms with Crippen LogP contribution < -0.4 is 4.90 Å². The topological polar surface area (TPSA) is 40.5 Å². The molecule has 1 N–H and O–H groups in total. The van der Waals surface area contributed by atoms with Crippen LogP contribution in [0.25, 0.3) is 0 Å². The van der Waals surface area contributed by atoms with E-state index in [2.05, 4.69) is 30.0 Å². The molecule has 0 bridgehead atoms. The maximum absolute atomic E-state index is 10.5. The second kappa shape index (κ2) is 5.89. The van der Waals surface area contributed by atoms with Gasteiger partial charge in [0.15, 0.2) is 0 Å². The van der Waals surface area contributed by atoms with Crippen LogP contribution in [0.4, 0.5) is 5.69 Å². The number of anilines is 1. The molecule has 3 heteroatoms. The highest BCUT2D eigenvalue weighted by molar-refractivity contribution is 5.66. The van der Waals surface area contributed by atoms with Crippen molar-refractivity contribution in [1.82, 2.24) is 0 Å². The first-order valence-corrected chi connectivity index (χ1v) is 6.73. The number of carbonyl (C=O) groups is 1. The molecular formula is C15H21NO2. The first kappa shape index (κ1) is 12.9. The summed E-state index contributed by atoms with van der Waals surface area (Å²) in [6, 6.07) is 6.65. The third-order valence-electron chi connectivity index (χ3n) is 3.52. The Hall–Kier alpha value is -1.51. The van der Waals surface area contributed by atoms with Crippen LogP contribution in [0.15, 0.2) is 18.2 Å². The number of aryl methyl sites for hydroxylation is 2. The molecule has 2 rings (SSSR count). The van der Waals surface area contributed by atoms with Crippen LogP contribution in [-0.2, 0) is 11.2 Å². The Balaban J connectivity index is 1.93. The van der Waals surface area contributed by atoms with Crippen molar-refractivity contribution in [1.29, 1.82) is 0 Å². The van der Waals surface area contributed by atoms with E-state index in [9.17, 15) is 4.79 Å². The second-order valence-corrected chi connectivity index (χ2v) is 5.07. The Morgan fingerprint density at radius 3 is 3.00 bits per heavy atom. The van der Waals surface area contributed by atoms with Crippen LogP contribution in [0.3, 0.4) is 0 Å². The summed E-state index contributed by atoms with van der Waals surface area (Å²) < 4.78 is 0. The van der Waals surface area contributed by atoms with Gasteiger partial charge in [0, 0.05) is 25.2 Å². The van der Waals surface area contributed by atoms with E-state index < -0.39 is 5.97 Å². The Labute approximate surface area is 108 Å². The molecule has 98 valence electrons. The van der Waals surface area contributed by atoms with Crippen LogP contribution >= 0.6 is 0 Å². The predicted octanol–water partition coefficient (Wildman–Crippen LogP) is 3.00. The fraction of sp³-hybridized carbons (Fsp3) is 0.533. The molecule has 0 atom stereocenters. The van der Waals surface area contributed by atoms with E-state index in [-0.39, 0.29) is 6.42 Å². The van der Waals surface area contributed by atoms with Gasteiger partial charge in [-0.2, -0.15) is 0 Å². The maximum Gasteiger partial charge on any atom is 0.303 e. The van der Waals surface area contributed by atoms with Crippen molar-refractivity contribution < 1.29 is 9.90 Å². The number of hydrogen-bond donors (Lipinski definition) is 1. The van der Waals surface area contributed by atoms with E-state index in [0.717, 1.165) is 25.9 Å². The van der Waals surface area contributed by atoms with Gasteiger partial charge < -0.3 is 10.0 Å². The van der Waals surface area contributed by atoms with Gasteiger partial charge in [-0.15, -0.1) is 0 Å². The number of hydrogen-bond acceptors (Lipinski definition) is 2. The van der Waals surface area contributed by atoms with Crippen LogP contribution in [-0.4, -0.2) is 24.2 Å². The molecule has 3 nitrogen and oxygen atoms in total. The van der Waals surface area contributed by atoms with Gasteiger partial charge in [-0.25, -0.2) is 0 Å². The zero-order chi connectivity index (χ0) is 13.0. The second-order valence-electron chi connectivity index (χ2n) is 5.07. The Morgan fingerprint density at radius 2 is 2.22 bits per heavy atom. The quantitative estimate of drug-likeness (QED) is 0.813. The summed E-state index contributed by atoms with van der Waals surface area (Å²) in [5, 5.41) is 8.63. The normalized spacial score (nSPS) is 14.4. The number of carboxylic acid groups (broad SMARTS) is 1. The van der Waals surface area contributed by atoms with Crippen LogP contribution in [0.1, 0.15) is 36.8 Å². The van der Waals surface area contributed by atoms with Crippen molar-refractivity contribution in [2.75, 3.05) is 18.0 Å². The van der Waals surface area contributed by atoms with Gasteiger partial charge in [0.2, 0.25) is 0 Å². The fourth-order valence-electron chi connectivity index (χ4n) is 2.61. The number of unbranched alkanes of at least 4 members (excludes halogenated alkanes) is 1. The molecule has 1 aliphatic heterocycles. The molecule has 0 aliphatic carbocycles. The van der Waals surface area contributed by atoms with E-state index >= 15 is 0 Å². The lowest BCUT2D eigenvalue weighted by Gasteiger charge is -2.31. The Bertz CT molecular complexity index is 429. The summed E-state index contributed by atoms with van der Waals surface area (Å²) in [5.74, 6) is -0.690. The van der Waals surface area contributed by atoms with Crippen molar-refractivity contribution >= 4 is 11.7 Å². The van der Waals surface area contributed by atoms with Gasteiger partial charge in [0.25, 0.3) is 0 Å². The molecule has 0 unspecified atom stereocenters. The highest BCUT2D eigenvalue weighted by Gasteiger charge is 2.16. The largest absolute Gasteiger partial charge is 0.481 e. The SMILES string of the molecule is Cc1ccc2c(c1)CCCN2CCCCC(=O)O. The van der Waals surface area contributed by atoms with Gasteiger partial charge in [-0.1, -0.05) is 17.7 Å². The van der Waals surface area contributed by atoms with E-state index in [1.165, 1.54) is 29.7 Å². The van der Waals surface area contributed by atoms with Gasteiger partial charge >= 0.3 is 5.97 Å². The minimum atomic E-state index is -0.690. The van der Waals surface area contributed by atoms with Crippen molar-refractivity contribution in [3.8, 4) is 0 Å². The number of carboxylic acids is 1. The summed E-state index contributed by atoms with van der Waals surface area (Å²) in [6.45, 7) is 4.21. The molecule has 0 saturated heterocycles. The van der Waals surface area contributed by atoms with Crippen molar-refractivity contribution in [2.45, 2.75) is 39.0 Å². The third kappa shape index (κ3) is 3.25. The lowest BCUT2D eigenvalue weighted by Crippen LogP contribution is -2.30. The van der Waals surface area contributed by atoms with Crippen LogP contribution in [0.5, 0.6) is 0 Å². The minimum Gasteiger partial charge on any atom is -0.481 e. The first-order chi connectivity index (χ1) is 8.66. The zero-order valence-electron chi connectivity index (χ0n) is 11.0. The molecule has 1 aromatic rings. The van der Waals surface area contributed by atoms with E-state index in [1.54, 1.807) is 0 Å². The summed E-state index contributed by atoms with van der Waals surface area (Å²) in [4.78, 5) is 12.9. The Kier molecular flexibility index (Phi) is 4.24. The molecule has 1 aliphatic rings. The molecule has 0 amide bonds. The molecule has 0 radical (unpaired) electrons. The van der Waals surface area contributed by atoms with Gasteiger partial charge in [-0.05, 0) is 44.2 Å². The summed E-state index contributed by atoms with van der Waals surface area (Å²) in [7, 11) is 0. The molecule has 0 fully saturated rings. The average Bonchev–Trinajstić information content (AvgIpc) is 2.34. The predicted molar refractivity (Wildman–Crippen MR) is 73.2 cm³/mol. The van der Waals surface area contributed by atoms with Gasteiger partial charge in [0.1, 0.15) is 0 Å². The molecule has 1 aromatic carbocycles. The van der Waals surface area contributed by atoms with E-state index in [0.29, 0.717) is 0 Å². The number of nitrogens with zero attached hydrogens (tertiary/aromatic N) is 1. The smallest absolute Gasteiger partial charge is 0.303 e. The van der Waals surface area contributed by atoms with Crippen molar-refractivity contribution in [3.05, 3.63) is 29.3 Å². The molecule has 0 aromatic heterocycles. The van der Waals surface area contributed by atoms with Crippen molar-refractivity contribution in [2.24, 2.45) is 0 Å². The number of fused-ring (bicyclic) bond motifs is 1. The molecule has 18 heavy (non-hydrogen) atoms. The summed E-state index contributed by atoms with van der Waals surface area (Å²) in [6.07, 6.45) is 4.39. The summed E-state index contributed by atoms with van der Waals surface area (Å²) >= 11 is 0. The molecule has 0 saturated carbocycles. The fourth-order valence-corrected chi connectivity index (χ4v) is 2.61. The molecular weight excluding hydrogens is 226 g/mol. The molecule has 0 spiro atoms. The Morgan fingerprint density at radius 1 is 1.39 bits per heavy atom. The lowest BCUT2D eigenvalue weighted by atomic mass is 9.99. The summed E-state index contributed by atoms with van der Waals surface area (Å²) in [5.41, 5.74) is 4.11. The number of aliphatic carboxylic acids is 1. The monoisotopic (exact) mass is 247 g/mol. The zero-order valence-corrected chi connectivity index (χ0v) is 11.0. The number of rotatable bonds is 5. The maximum atomic E-state index is 10.5. The first-order valence-electron chi connectivity index (χ1n) is 6.73. The number of benzene rings is 1. The average molecular weight is 247 g/mol. The highest BCUT2D eigenvalue weighted by Crippen LogP contribution is 2.28. The van der Waals surface area contributed by atoms with E-state index in [1.807, 2.05) is 0 Å². The highest BCUT2D eigenvalue weighted by atomic mass is 16.4. The van der Waals surface area contributed by atoms with Gasteiger partial charge in [-0.3, -0.25) is 4.79 Å². The van der Waals surface area contributed by atoms with Gasteiger partial charge in [0.05, 0.1) is 0 Å².